The molecule has 0 unspecified atom stereocenters. The molecule has 5 nitrogen and oxygen atoms in total. The Hall–Kier alpha value is 0.0700. The third kappa shape index (κ3) is 14.9. The van der Waals surface area contributed by atoms with Crippen LogP contribution in [0.15, 0.2) is 0 Å². The Morgan fingerprint density at radius 3 is 1.23 bits per heavy atom. The van der Waals surface area contributed by atoms with E-state index in [1.165, 1.54) is 0 Å². The molecule has 0 aromatic rings. The molecule has 0 aromatic heterocycles. The first-order valence-corrected chi connectivity index (χ1v) is 5.82. The maximum atomic E-state index is 8.88. The lowest BCUT2D eigenvalue weighted by Gasteiger charge is -2.23. The van der Waals surface area contributed by atoms with Gasteiger partial charge in [-0.2, -0.15) is 0 Å². The Labute approximate surface area is 79.2 Å². The fourth-order valence-corrected chi connectivity index (χ4v) is 0.750. The second-order valence-corrected chi connectivity index (χ2v) is 3.96. The Kier molecular flexibility index (Phi) is 7.78. The zero-order valence-electron chi connectivity index (χ0n) is 8.40. The summed E-state index contributed by atoms with van der Waals surface area (Å²) in [7, 11) is -4.64. The first kappa shape index (κ1) is 15.5. The van der Waals surface area contributed by atoms with Crippen LogP contribution in [0, 0.1) is 0 Å². The highest BCUT2D eigenvalue weighted by Gasteiger charge is 2.15. The molecule has 0 aromatic carbocycles. The molecular weight excluding hydrogens is 193 g/mol. The Bertz CT molecular complexity index is 147. The number of hydrogen-bond acceptors (Lipinski definition) is 2. The minimum atomic E-state index is -4.64. The van der Waals surface area contributed by atoms with Crippen LogP contribution in [0.25, 0.3) is 0 Å². The van der Waals surface area contributed by atoms with Crippen LogP contribution in [-0.4, -0.2) is 20.2 Å². The lowest BCUT2D eigenvalue weighted by atomic mass is 9.92. The van der Waals surface area contributed by atoms with E-state index < -0.39 is 7.82 Å². The van der Waals surface area contributed by atoms with Gasteiger partial charge in [-0.25, -0.2) is 4.57 Å². The van der Waals surface area contributed by atoms with Gasteiger partial charge in [0.25, 0.3) is 0 Å². The summed E-state index contributed by atoms with van der Waals surface area (Å²) in [6, 6.07) is 0. The van der Waals surface area contributed by atoms with Crippen molar-refractivity contribution in [3.05, 3.63) is 0 Å². The Morgan fingerprint density at radius 1 is 1.08 bits per heavy atom. The molecule has 13 heavy (non-hydrogen) atoms. The molecule has 0 aliphatic rings. The maximum Gasteiger partial charge on any atom is 0.466 e. The zero-order chi connectivity index (χ0) is 11.1. The van der Waals surface area contributed by atoms with Gasteiger partial charge in [-0.1, -0.05) is 20.8 Å². The average Bonchev–Trinajstić information content (AvgIpc) is 2.00. The minimum Gasteiger partial charge on any atom is -0.325 e. The summed E-state index contributed by atoms with van der Waals surface area (Å²) < 4.78 is 8.88. The fourth-order valence-electron chi connectivity index (χ4n) is 0.750. The summed E-state index contributed by atoms with van der Waals surface area (Å²) in [6.07, 6.45) is 3.29. The number of nitrogens with two attached hydrogens (primary N) is 1. The molecule has 0 saturated heterocycles. The molecule has 0 fully saturated rings. The molecule has 5 N–H and O–H groups in total. The van der Waals surface area contributed by atoms with E-state index in [0.717, 1.165) is 19.3 Å². The summed E-state index contributed by atoms with van der Waals surface area (Å²) in [6.45, 7) is 6.44. The van der Waals surface area contributed by atoms with Crippen molar-refractivity contribution >= 4 is 7.82 Å². The van der Waals surface area contributed by atoms with E-state index in [4.69, 9.17) is 25.0 Å². The number of rotatable bonds is 3. The Morgan fingerprint density at radius 2 is 1.23 bits per heavy atom. The SMILES string of the molecule is CCC(N)(CC)CC.O=P(O)(O)O. The predicted octanol–water partition coefficient (Wildman–Crippen LogP) is 0.985. The van der Waals surface area contributed by atoms with E-state index in [2.05, 4.69) is 20.8 Å². The average molecular weight is 213 g/mol. The second-order valence-electron chi connectivity index (χ2n) is 2.94. The van der Waals surface area contributed by atoms with Crippen molar-refractivity contribution < 1.29 is 19.2 Å². The quantitative estimate of drug-likeness (QED) is 0.523. The molecule has 82 valence electrons. The molecule has 0 radical (unpaired) electrons. The van der Waals surface area contributed by atoms with Gasteiger partial charge in [0, 0.05) is 5.54 Å². The van der Waals surface area contributed by atoms with Crippen LogP contribution in [0.2, 0.25) is 0 Å². The molecule has 0 heterocycles. The predicted molar refractivity (Wildman–Crippen MR) is 52.1 cm³/mol. The van der Waals surface area contributed by atoms with Crippen molar-refractivity contribution in [2.24, 2.45) is 5.73 Å². The van der Waals surface area contributed by atoms with E-state index >= 15 is 0 Å². The molecule has 0 bridgehead atoms. The van der Waals surface area contributed by atoms with Crippen LogP contribution in [-0.2, 0) is 4.57 Å². The minimum absolute atomic E-state index is 0.125. The van der Waals surface area contributed by atoms with Crippen LogP contribution < -0.4 is 5.73 Å². The van der Waals surface area contributed by atoms with Gasteiger partial charge in [-0.3, -0.25) is 0 Å². The van der Waals surface area contributed by atoms with Gasteiger partial charge in [0.1, 0.15) is 0 Å². The maximum absolute atomic E-state index is 8.88. The normalized spacial score (nSPS) is 11.9. The van der Waals surface area contributed by atoms with E-state index in [1.54, 1.807) is 0 Å². The molecule has 0 saturated carbocycles. The van der Waals surface area contributed by atoms with Gasteiger partial charge in [-0.15, -0.1) is 0 Å². The highest BCUT2D eigenvalue weighted by atomic mass is 31.2. The van der Waals surface area contributed by atoms with Crippen molar-refractivity contribution in [1.29, 1.82) is 0 Å². The number of hydrogen-bond donors (Lipinski definition) is 4. The van der Waals surface area contributed by atoms with Gasteiger partial charge >= 0.3 is 7.82 Å². The highest BCUT2D eigenvalue weighted by molar-refractivity contribution is 7.45. The summed E-state index contributed by atoms with van der Waals surface area (Å²) in [5, 5.41) is 0. The van der Waals surface area contributed by atoms with Crippen LogP contribution in [0.5, 0.6) is 0 Å². The molecule has 0 aliphatic heterocycles. The third-order valence-electron chi connectivity index (χ3n) is 2.11. The topological polar surface area (TPSA) is 104 Å². The fraction of sp³-hybridized carbons (Fsp3) is 1.00. The smallest absolute Gasteiger partial charge is 0.325 e. The summed E-state index contributed by atoms with van der Waals surface area (Å²) in [5.74, 6) is 0. The molecule has 0 aliphatic carbocycles. The monoisotopic (exact) mass is 213 g/mol. The van der Waals surface area contributed by atoms with Crippen molar-refractivity contribution in [1.82, 2.24) is 0 Å². The van der Waals surface area contributed by atoms with Crippen LogP contribution in [0.1, 0.15) is 40.0 Å². The molecule has 0 amide bonds. The molecule has 0 atom stereocenters. The second kappa shape index (κ2) is 6.51. The van der Waals surface area contributed by atoms with Crippen molar-refractivity contribution in [3.8, 4) is 0 Å². The van der Waals surface area contributed by atoms with Crippen LogP contribution >= 0.6 is 7.82 Å². The molecule has 0 spiro atoms. The van der Waals surface area contributed by atoms with Gasteiger partial charge in [0.05, 0.1) is 0 Å². The van der Waals surface area contributed by atoms with E-state index in [0.29, 0.717) is 0 Å². The first-order valence-electron chi connectivity index (χ1n) is 4.25. The molecule has 0 rings (SSSR count). The van der Waals surface area contributed by atoms with Crippen LogP contribution in [0.4, 0.5) is 0 Å². The van der Waals surface area contributed by atoms with E-state index in [1.807, 2.05) is 0 Å². The standard InChI is InChI=1S/C7H17N.H3O4P/c1-4-7(8,5-2)6-3;1-5(2,3)4/h4-6,8H2,1-3H3;(H3,1,2,3,4). The highest BCUT2D eigenvalue weighted by Crippen LogP contribution is 2.25. The van der Waals surface area contributed by atoms with Crippen LogP contribution in [0.3, 0.4) is 0 Å². The summed E-state index contributed by atoms with van der Waals surface area (Å²) >= 11 is 0. The first-order chi connectivity index (χ1) is 5.68. The van der Waals surface area contributed by atoms with Gasteiger partial charge in [0.15, 0.2) is 0 Å². The van der Waals surface area contributed by atoms with E-state index in [9.17, 15) is 0 Å². The van der Waals surface area contributed by atoms with Crippen molar-refractivity contribution in [3.63, 3.8) is 0 Å². The van der Waals surface area contributed by atoms with Crippen molar-refractivity contribution in [2.45, 2.75) is 45.6 Å². The lowest BCUT2D eigenvalue weighted by molar-refractivity contribution is 0.275. The number of phosphoric acid groups is 1. The molecular formula is C7H20NO4P. The third-order valence-corrected chi connectivity index (χ3v) is 2.11. The van der Waals surface area contributed by atoms with Crippen molar-refractivity contribution in [2.75, 3.05) is 0 Å². The Balaban J connectivity index is 0. The zero-order valence-corrected chi connectivity index (χ0v) is 9.29. The van der Waals surface area contributed by atoms with E-state index in [-0.39, 0.29) is 5.54 Å². The van der Waals surface area contributed by atoms with Gasteiger partial charge < -0.3 is 20.4 Å². The summed E-state index contributed by atoms with van der Waals surface area (Å²) in [4.78, 5) is 21.6. The molecule has 6 heteroatoms. The van der Waals surface area contributed by atoms with Gasteiger partial charge in [-0.05, 0) is 19.3 Å². The largest absolute Gasteiger partial charge is 0.466 e. The summed E-state index contributed by atoms with van der Waals surface area (Å²) in [5.41, 5.74) is 6.02. The van der Waals surface area contributed by atoms with Gasteiger partial charge in [0.2, 0.25) is 0 Å². The lowest BCUT2D eigenvalue weighted by Crippen LogP contribution is -2.37.